The van der Waals surface area contributed by atoms with Crippen molar-refractivity contribution in [3.8, 4) is 22.3 Å². The van der Waals surface area contributed by atoms with Gasteiger partial charge in [-0.25, -0.2) is 0 Å². The van der Waals surface area contributed by atoms with Crippen molar-refractivity contribution in [2.45, 2.75) is 0 Å². The molecule has 10 aromatic rings. The van der Waals surface area contributed by atoms with E-state index in [1.54, 1.807) is 0 Å². The van der Waals surface area contributed by atoms with Gasteiger partial charge in [-0.3, -0.25) is 0 Å². The van der Waals surface area contributed by atoms with Gasteiger partial charge >= 0.3 is 0 Å². The summed E-state index contributed by atoms with van der Waals surface area (Å²) in [6.07, 6.45) is 0. The van der Waals surface area contributed by atoms with Crippen LogP contribution in [0.2, 0.25) is 0 Å². The highest BCUT2D eigenvalue weighted by Gasteiger charge is 2.19. The van der Waals surface area contributed by atoms with Crippen LogP contribution in [-0.4, -0.2) is 0 Å². The molecule has 0 N–H and O–H groups in total. The van der Waals surface area contributed by atoms with Gasteiger partial charge in [-0.15, -0.1) is 11.3 Å². The van der Waals surface area contributed by atoms with E-state index in [0.29, 0.717) is 0 Å². The predicted molar refractivity (Wildman–Crippen MR) is 190 cm³/mol. The fourth-order valence-corrected chi connectivity index (χ4v) is 8.48. The van der Waals surface area contributed by atoms with Crippen LogP contribution in [0, 0.1) is 0 Å². The van der Waals surface area contributed by atoms with Gasteiger partial charge in [0.05, 0.1) is 4.70 Å². The molecule has 204 valence electrons. The summed E-state index contributed by atoms with van der Waals surface area (Å²) in [5.74, 6) is 0. The van der Waals surface area contributed by atoms with Gasteiger partial charge < -0.3 is 4.42 Å². The molecule has 0 unspecified atom stereocenters. The Kier molecular flexibility index (Phi) is 4.94. The maximum absolute atomic E-state index is 6.65. The third kappa shape index (κ3) is 3.35. The minimum Gasteiger partial charge on any atom is -0.455 e. The summed E-state index contributed by atoms with van der Waals surface area (Å²) in [5, 5.41) is 12.5. The summed E-state index contributed by atoms with van der Waals surface area (Å²) < 4.78 is 9.16. The van der Waals surface area contributed by atoms with Crippen LogP contribution >= 0.6 is 11.3 Å². The van der Waals surface area contributed by atoms with E-state index in [9.17, 15) is 0 Å². The average Bonchev–Trinajstić information content (AvgIpc) is 3.64. The lowest BCUT2D eigenvalue weighted by Gasteiger charge is -2.17. The van der Waals surface area contributed by atoms with Crippen molar-refractivity contribution in [3.05, 3.63) is 146 Å². The van der Waals surface area contributed by atoms with Gasteiger partial charge in [-0.2, -0.15) is 0 Å². The van der Waals surface area contributed by atoms with Gasteiger partial charge in [0, 0.05) is 26.2 Å². The van der Waals surface area contributed by atoms with Crippen LogP contribution in [-0.2, 0) is 0 Å². The molecule has 0 aliphatic carbocycles. The van der Waals surface area contributed by atoms with Crippen molar-refractivity contribution in [2.75, 3.05) is 0 Å². The molecule has 2 heteroatoms. The molecule has 0 saturated heterocycles. The molecule has 0 aliphatic rings. The lowest BCUT2D eigenvalue weighted by Crippen LogP contribution is -1.90. The Hall–Kier alpha value is -5.44. The highest BCUT2D eigenvalue weighted by Crippen LogP contribution is 2.46. The van der Waals surface area contributed by atoms with E-state index in [2.05, 4.69) is 146 Å². The molecule has 0 aliphatic heterocycles. The zero-order chi connectivity index (χ0) is 28.8. The second-order valence-corrected chi connectivity index (χ2v) is 12.7. The van der Waals surface area contributed by atoms with Crippen LogP contribution in [0.1, 0.15) is 0 Å². The second-order valence-electron chi connectivity index (χ2n) is 11.6. The number of hydrogen-bond donors (Lipinski definition) is 0. The van der Waals surface area contributed by atoms with E-state index >= 15 is 0 Å². The Morgan fingerprint density at radius 3 is 1.68 bits per heavy atom. The van der Waals surface area contributed by atoms with Crippen molar-refractivity contribution in [2.24, 2.45) is 0 Å². The van der Waals surface area contributed by atoms with Crippen molar-refractivity contribution in [1.29, 1.82) is 0 Å². The first-order valence-corrected chi connectivity index (χ1v) is 15.8. The van der Waals surface area contributed by atoms with E-state index in [4.69, 9.17) is 4.42 Å². The molecule has 0 radical (unpaired) electrons. The molecule has 44 heavy (non-hydrogen) atoms. The topological polar surface area (TPSA) is 13.1 Å². The highest BCUT2D eigenvalue weighted by molar-refractivity contribution is 7.26. The summed E-state index contributed by atoms with van der Waals surface area (Å²) in [5.41, 5.74) is 6.90. The number of rotatable bonds is 2. The number of benzene rings is 8. The number of thiophene rings is 1. The molecule has 8 aromatic carbocycles. The maximum atomic E-state index is 6.65. The first-order chi connectivity index (χ1) is 21.8. The molecule has 0 saturated carbocycles. The van der Waals surface area contributed by atoms with Crippen LogP contribution in [0.15, 0.2) is 150 Å². The number of furan rings is 1. The standard InChI is InChI=1S/C42H24OS/c1-2-10-25(11-3-1)39-29-14-6-8-16-31(29)40(32-17-9-7-15-30(32)39)28-18-21-37-35(23-28)33-19-20-34-36-22-26-12-4-5-13-27(26)24-38(36)44-42(34)41(33)43-37/h1-24H. The van der Waals surface area contributed by atoms with Crippen molar-refractivity contribution >= 4 is 85.8 Å². The maximum Gasteiger partial charge on any atom is 0.153 e. The quantitative estimate of drug-likeness (QED) is 0.187. The molecule has 2 heterocycles. The van der Waals surface area contributed by atoms with E-state index in [1.807, 2.05) is 11.3 Å². The fourth-order valence-electron chi connectivity index (χ4n) is 7.26. The summed E-state index contributed by atoms with van der Waals surface area (Å²) in [4.78, 5) is 0. The smallest absolute Gasteiger partial charge is 0.153 e. The molecular weight excluding hydrogens is 553 g/mol. The molecule has 1 nitrogen and oxygen atoms in total. The van der Waals surface area contributed by atoms with Gasteiger partial charge in [-0.05, 0) is 84.9 Å². The monoisotopic (exact) mass is 576 g/mol. The molecule has 0 amide bonds. The van der Waals surface area contributed by atoms with Gasteiger partial charge in [-0.1, -0.05) is 115 Å². The zero-order valence-electron chi connectivity index (χ0n) is 23.7. The van der Waals surface area contributed by atoms with Crippen LogP contribution in [0.3, 0.4) is 0 Å². The molecule has 0 bridgehead atoms. The highest BCUT2D eigenvalue weighted by atomic mass is 32.1. The van der Waals surface area contributed by atoms with Crippen molar-refractivity contribution in [1.82, 2.24) is 0 Å². The van der Waals surface area contributed by atoms with Gasteiger partial charge in [0.1, 0.15) is 5.58 Å². The average molecular weight is 577 g/mol. The van der Waals surface area contributed by atoms with Crippen LogP contribution < -0.4 is 0 Å². The van der Waals surface area contributed by atoms with Crippen LogP contribution in [0.5, 0.6) is 0 Å². The predicted octanol–water partition coefficient (Wildman–Crippen LogP) is 12.7. The lowest BCUT2D eigenvalue weighted by atomic mass is 9.86. The van der Waals surface area contributed by atoms with E-state index in [0.717, 1.165) is 16.6 Å². The normalized spacial score (nSPS) is 12.1. The molecule has 0 spiro atoms. The van der Waals surface area contributed by atoms with E-state index < -0.39 is 0 Å². The Morgan fingerprint density at radius 2 is 0.977 bits per heavy atom. The largest absolute Gasteiger partial charge is 0.455 e. The molecule has 2 aromatic heterocycles. The Labute approximate surface area is 257 Å². The van der Waals surface area contributed by atoms with Gasteiger partial charge in [0.15, 0.2) is 5.58 Å². The summed E-state index contributed by atoms with van der Waals surface area (Å²) >= 11 is 1.83. The fraction of sp³-hybridized carbons (Fsp3) is 0. The zero-order valence-corrected chi connectivity index (χ0v) is 24.5. The minimum absolute atomic E-state index is 0.924. The minimum atomic E-state index is 0.924. The van der Waals surface area contributed by atoms with Gasteiger partial charge in [0.25, 0.3) is 0 Å². The van der Waals surface area contributed by atoms with Crippen molar-refractivity contribution in [3.63, 3.8) is 0 Å². The SMILES string of the molecule is c1ccc(-c2c3ccccc3c(-c3ccc4oc5c(ccc6c7cc8ccccc8cc7sc65)c4c3)c3ccccc23)cc1. The van der Waals surface area contributed by atoms with Crippen molar-refractivity contribution < 1.29 is 4.42 Å². The Morgan fingerprint density at radius 1 is 0.386 bits per heavy atom. The van der Waals surface area contributed by atoms with E-state index in [1.165, 1.54) is 80.1 Å². The Balaban J connectivity index is 1.26. The number of hydrogen-bond acceptors (Lipinski definition) is 2. The number of fused-ring (bicyclic) bond motifs is 10. The Bertz CT molecular complexity index is 2710. The van der Waals surface area contributed by atoms with Crippen LogP contribution in [0.25, 0.3) is 96.7 Å². The summed E-state index contributed by atoms with van der Waals surface area (Å²) in [6.45, 7) is 0. The summed E-state index contributed by atoms with van der Waals surface area (Å²) in [7, 11) is 0. The summed E-state index contributed by atoms with van der Waals surface area (Å²) in [6, 6.07) is 53.0. The third-order valence-electron chi connectivity index (χ3n) is 9.23. The van der Waals surface area contributed by atoms with Crippen LogP contribution in [0.4, 0.5) is 0 Å². The van der Waals surface area contributed by atoms with Gasteiger partial charge in [0.2, 0.25) is 0 Å². The third-order valence-corrected chi connectivity index (χ3v) is 10.4. The van der Waals surface area contributed by atoms with E-state index in [-0.39, 0.29) is 0 Å². The molecule has 0 atom stereocenters. The lowest BCUT2D eigenvalue weighted by molar-refractivity contribution is 0.673. The molecule has 10 rings (SSSR count). The molecule has 0 fully saturated rings. The first kappa shape index (κ1) is 24.0. The molecular formula is C42H24OS. The second kappa shape index (κ2) is 9.03. The first-order valence-electron chi connectivity index (χ1n) is 15.0.